The van der Waals surface area contributed by atoms with E-state index in [0.29, 0.717) is 18.8 Å². The van der Waals surface area contributed by atoms with Crippen molar-refractivity contribution in [3.8, 4) is 0 Å². The minimum Gasteiger partial charge on any atom is -0.393 e. The molecule has 1 unspecified atom stereocenters. The molecule has 0 aromatic rings. The van der Waals surface area contributed by atoms with Crippen LogP contribution in [0.4, 0.5) is 0 Å². The number of sulfone groups is 1. The van der Waals surface area contributed by atoms with Crippen molar-refractivity contribution in [2.45, 2.75) is 65.4 Å². The van der Waals surface area contributed by atoms with Crippen LogP contribution in [-0.2, 0) is 9.84 Å². The van der Waals surface area contributed by atoms with Gasteiger partial charge in [0, 0.05) is 5.75 Å². The fourth-order valence-electron chi connectivity index (χ4n) is 2.16. The maximum absolute atomic E-state index is 11.3. The molecule has 0 spiro atoms. The van der Waals surface area contributed by atoms with Crippen LogP contribution in [0.5, 0.6) is 0 Å². The van der Waals surface area contributed by atoms with Gasteiger partial charge < -0.3 is 5.11 Å². The lowest BCUT2D eigenvalue weighted by Crippen LogP contribution is -2.21. The monoisotopic (exact) mass is 264 g/mol. The second kappa shape index (κ2) is 8.92. The second-order valence-corrected chi connectivity index (χ2v) is 7.26. The van der Waals surface area contributed by atoms with E-state index >= 15 is 0 Å². The summed E-state index contributed by atoms with van der Waals surface area (Å²) >= 11 is 0. The van der Waals surface area contributed by atoms with Crippen molar-refractivity contribution in [3.63, 3.8) is 0 Å². The van der Waals surface area contributed by atoms with Crippen molar-refractivity contribution in [1.82, 2.24) is 0 Å². The summed E-state index contributed by atoms with van der Waals surface area (Å²) in [4.78, 5) is 0. The Labute approximate surface area is 107 Å². The first-order chi connectivity index (χ1) is 7.96. The van der Waals surface area contributed by atoms with Gasteiger partial charge in [-0.1, -0.05) is 33.6 Å². The fraction of sp³-hybridized carbons (Fsp3) is 1.00. The number of rotatable bonds is 10. The summed E-state index contributed by atoms with van der Waals surface area (Å²) in [5, 5.41) is 10.0. The molecule has 0 amide bonds. The number of aliphatic hydroxyl groups is 1. The van der Waals surface area contributed by atoms with E-state index in [1.165, 1.54) is 0 Å². The SMILES string of the molecule is CCCC(CCC)C(O)CCCS(=O)(=O)CC. The van der Waals surface area contributed by atoms with E-state index in [4.69, 9.17) is 0 Å². The largest absolute Gasteiger partial charge is 0.393 e. The van der Waals surface area contributed by atoms with Crippen LogP contribution in [0.2, 0.25) is 0 Å². The van der Waals surface area contributed by atoms with Gasteiger partial charge in [0.05, 0.1) is 11.9 Å². The Bertz CT molecular complexity index is 266. The third kappa shape index (κ3) is 7.77. The lowest BCUT2D eigenvalue weighted by atomic mass is 9.90. The molecule has 4 heteroatoms. The second-order valence-electron chi connectivity index (χ2n) is 4.78. The number of hydrogen-bond donors (Lipinski definition) is 1. The van der Waals surface area contributed by atoms with E-state index in [0.717, 1.165) is 25.7 Å². The molecule has 0 rings (SSSR count). The molecule has 0 radical (unpaired) electrons. The quantitative estimate of drug-likeness (QED) is 0.660. The molecule has 0 aliphatic carbocycles. The molecule has 0 aromatic carbocycles. The van der Waals surface area contributed by atoms with Gasteiger partial charge in [0.25, 0.3) is 0 Å². The minimum absolute atomic E-state index is 0.205. The van der Waals surface area contributed by atoms with Crippen molar-refractivity contribution >= 4 is 9.84 Å². The summed E-state index contributed by atoms with van der Waals surface area (Å²) < 4.78 is 22.6. The van der Waals surface area contributed by atoms with Gasteiger partial charge >= 0.3 is 0 Å². The molecule has 0 heterocycles. The predicted octanol–water partition coefficient (Wildman–Crippen LogP) is 2.78. The summed E-state index contributed by atoms with van der Waals surface area (Å²) in [6, 6.07) is 0. The molecule has 0 fully saturated rings. The van der Waals surface area contributed by atoms with Crippen molar-refractivity contribution in [3.05, 3.63) is 0 Å². The highest BCUT2D eigenvalue weighted by atomic mass is 32.2. The van der Waals surface area contributed by atoms with Crippen molar-refractivity contribution in [1.29, 1.82) is 0 Å². The van der Waals surface area contributed by atoms with E-state index in [1.54, 1.807) is 6.92 Å². The van der Waals surface area contributed by atoms with Crippen LogP contribution in [0.25, 0.3) is 0 Å². The van der Waals surface area contributed by atoms with Crippen LogP contribution in [0.1, 0.15) is 59.3 Å². The maximum atomic E-state index is 11.3. The highest BCUT2D eigenvalue weighted by Gasteiger charge is 2.18. The lowest BCUT2D eigenvalue weighted by Gasteiger charge is -2.22. The Morgan fingerprint density at radius 3 is 1.94 bits per heavy atom. The zero-order chi connectivity index (χ0) is 13.3. The smallest absolute Gasteiger partial charge is 0.150 e. The molecule has 0 aliphatic rings. The van der Waals surface area contributed by atoms with Crippen LogP contribution < -0.4 is 0 Å². The highest BCUT2D eigenvalue weighted by molar-refractivity contribution is 7.91. The molecule has 17 heavy (non-hydrogen) atoms. The first-order valence-electron chi connectivity index (χ1n) is 6.85. The molecule has 0 bridgehead atoms. The van der Waals surface area contributed by atoms with Gasteiger partial charge in [-0.2, -0.15) is 0 Å². The van der Waals surface area contributed by atoms with Crippen molar-refractivity contribution in [2.24, 2.45) is 5.92 Å². The first-order valence-corrected chi connectivity index (χ1v) is 8.67. The van der Waals surface area contributed by atoms with Crippen molar-refractivity contribution < 1.29 is 13.5 Å². The van der Waals surface area contributed by atoms with Gasteiger partial charge in [-0.15, -0.1) is 0 Å². The predicted molar refractivity (Wildman–Crippen MR) is 72.9 cm³/mol. The summed E-state index contributed by atoms with van der Waals surface area (Å²) in [5.41, 5.74) is 0. The Balaban J connectivity index is 4.01. The van der Waals surface area contributed by atoms with Crippen LogP contribution in [0.3, 0.4) is 0 Å². The average Bonchev–Trinajstić information content (AvgIpc) is 2.28. The zero-order valence-electron chi connectivity index (χ0n) is 11.5. The highest BCUT2D eigenvalue weighted by Crippen LogP contribution is 2.21. The van der Waals surface area contributed by atoms with Gasteiger partial charge in [0.2, 0.25) is 0 Å². The molecule has 104 valence electrons. The topological polar surface area (TPSA) is 54.4 Å². The molecular formula is C13H28O3S. The van der Waals surface area contributed by atoms with Gasteiger partial charge in [-0.3, -0.25) is 0 Å². The Kier molecular flexibility index (Phi) is 8.88. The summed E-state index contributed by atoms with van der Waals surface area (Å²) in [7, 11) is -2.88. The average molecular weight is 264 g/mol. The normalized spacial score (nSPS) is 14.2. The lowest BCUT2D eigenvalue weighted by molar-refractivity contribution is 0.0874. The van der Waals surface area contributed by atoms with E-state index in [1.807, 2.05) is 0 Å². The molecule has 0 aromatic heterocycles. The van der Waals surface area contributed by atoms with Crippen LogP contribution in [-0.4, -0.2) is 31.1 Å². The van der Waals surface area contributed by atoms with Gasteiger partial charge in [0.15, 0.2) is 0 Å². The van der Waals surface area contributed by atoms with Gasteiger partial charge in [-0.05, 0) is 31.6 Å². The van der Waals surface area contributed by atoms with E-state index in [9.17, 15) is 13.5 Å². The molecular weight excluding hydrogens is 236 g/mol. The number of hydrogen-bond acceptors (Lipinski definition) is 3. The third-order valence-corrected chi connectivity index (χ3v) is 5.05. The zero-order valence-corrected chi connectivity index (χ0v) is 12.3. The summed E-state index contributed by atoms with van der Waals surface area (Å²) in [5.74, 6) is 0.761. The summed E-state index contributed by atoms with van der Waals surface area (Å²) in [6.07, 6.45) is 5.10. The molecule has 0 aliphatic heterocycles. The Hall–Kier alpha value is -0.0900. The van der Waals surface area contributed by atoms with E-state index in [2.05, 4.69) is 13.8 Å². The van der Waals surface area contributed by atoms with E-state index < -0.39 is 9.84 Å². The standard InChI is InChI=1S/C13H28O3S/c1-4-8-12(9-5-2)13(14)10-7-11-17(15,16)6-3/h12-14H,4-11H2,1-3H3. The fourth-order valence-corrected chi connectivity index (χ4v) is 3.06. The third-order valence-electron chi connectivity index (χ3n) is 3.26. The summed E-state index contributed by atoms with van der Waals surface area (Å²) in [6.45, 7) is 5.91. The first kappa shape index (κ1) is 16.9. The maximum Gasteiger partial charge on any atom is 0.150 e. The van der Waals surface area contributed by atoms with Gasteiger partial charge in [-0.25, -0.2) is 8.42 Å². The Morgan fingerprint density at radius 2 is 1.53 bits per heavy atom. The van der Waals surface area contributed by atoms with E-state index in [-0.39, 0.29) is 17.6 Å². The molecule has 0 saturated carbocycles. The van der Waals surface area contributed by atoms with Crippen LogP contribution >= 0.6 is 0 Å². The van der Waals surface area contributed by atoms with Crippen LogP contribution in [0, 0.1) is 5.92 Å². The Morgan fingerprint density at radius 1 is 1.00 bits per heavy atom. The molecule has 0 saturated heterocycles. The van der Waals surface area contributed by atoms with Crippen molar-refractivity contribution in [2.75, 3.05) is 11.5 Å². The molecule has 1 atom stereocenters. The molecule has 3 nitrogen and oxygen atoms in total. The molecule has 1 N–H and O–H groups in total. The van der Waals surface area contributed by atoms with Gasteiger partial charge in [0.1, 0.15) is 9.84 Å². The van der Waals surface area contributed by atoms with Crippen LogP contribution in [0.15, 0.2) is 0 Å². The minimum atomic E-state index is -2.88. The number of aliphatic hydroxyl groups excluding tert-OH is 1.